The summed E-state index contributed by atoms with van der Waals surface area (Å²) in [6.07, 6.45) is 13.0. The van der Waals surface area contributed by atoms with Crippen LogP contribution in [0.1, 0.15) is 71.6 Å². The van der Waals surface area contributed by atoms with Crippen molar-refractivity contribution < 1.29 is 0 Å². The first-order chi connectivity index (χ1) is 9.26. The van der Waals surface area contributed by atoms with Crippen LogP contribution in [0.5, 0.6) is 0 Å². The molecule has 1 saturated carbocycles. The molecular formula is C17H34N2. The van der Waals surface area contributed by atoms with Crippen LogP contribution in [-0.2, 0) is 0 Å². The number of likely N-dealkylation sites (tertiary alicyclic amines) is 1. The minimum absolute atomic E-state index is 0.759. The Kier molecular flexibility index (Phi) is 6.15. The molecule has 0 radical (unpaired) electrons. The van der Waals surface area contributed by atoms with Gasteiger partial charge in [-0.15, -0.1) is 0 Å². The molecule has 1 unspecified atom stereocenters. The van der Waals surface area contributed by atoms with Crippen LogP contribution in [0.15, 0.2) is 0 Å². The third-order valence-corrected chi connectivity index (χ3v) is 5.56. The van der Waals surface area contributed by atoms with Crippen LogP contribution in [0.4, 0.5) is 0 Å². The second-order valence-electron chi connectivity index (χ2n) is 6.98. The van der Waals surface area contributed by atoms with Gasteiger partial charge in [0.25, 0.3) is 0 Å². The Morgan fingerprint density at radius 2 is 1.68 bits per heavy atom. The number of nitrogens with zero attached hydrogens (tertiary/aromatic N) is 1. The van der Waals surface area contributed by atoms with Gasteiger partial charge >= 0.3 is 0 Å². The summed E-state index contributed by atoms with van der Waals surface area (Å²) in [5.41, 5.74) is 0.759. The molecule has 1 heterocycles. The minimum atomic E-state index is 0.759. The monoisotopic (exact) mass is 266 g/mol. The topological polar surface area (TPSA) is 15.3 Å². The molecule has 1 N–H and O–H groups in total. The molecule has 2 aliphatic rings. The van der Waals surface area contributed by atoms with E-state index in [9.17, 15) is 0 Å². The lowest BCUT2D eigenvalue weighted by molar-refractivity contribution is 0.0472. The quantitative estimate of drug-likeness (QED) is 0.735. The summed E-state index contributed by atoms with van der Waals surface area (Å²) in [5, 5.41) is 3.54. The van der Waals surface area contributed by atoms with E-state index in [0.717, 1.165) is 11.5 Å². The largest absolute Gasteiger partial charge is 0.317 e. The van der Waals surface area contributed by atoms with Gasteiger partial charge in [-0.1, -0.05) is 26.2 Å². The lowest BCUT2D eigenvalue weighted by Crippen LogP contribution is -2.45. The molecule has 19 heavy (non-hydrogen) atoms. The average molecular weight is 266 g/mol. The highest BCUT2D eigenvalue weighted by Gasteiger charge is 2.36. The van der Waals surface area contributed by atoms with Crippen molar-refractivity contribution in [1.82, 2.24) is 10.2 Å². The maximum Gasteiger partial charge on any atom is 0.00790 e. The molecule has 1 aliphatic heterocycles. The Labute approximate surface area is 120 Å². The van der Waals surface area contributed by atoms with Gasteiger partial charge in [-0.05, 0) is 77.0 Å². The summed E-state index contributed by atoms with van der Waals surface area (Å²) in [6.45, 7) is 9.74. The zero-order valence-electron chi connectivity index (χ0n) is 13.2. The molecule has 2 fully saturated rings. The van der Waals surface area contributed by atoms with Gasteiger partial charge in [-0.25, -0.2) is 0 Å². The Bertz CT molecular complexity index is 236. The first-order valence-corrected chi connectivity index (χ1v) is 8.70. The van der Waals surface area contributed by atoms with E-state index < -0.39 is 0 Å². The van der Waals surface area contributed by atoms with Crippen molar-refractivity contribution in [3.63, 3.8) is 0 Å². The fourth-order valence-corrected chi connectivity index (χ4v) is 4.04. The van der Waals surface area contributed by atoms with E-state index in [4.69, 9.17) is 0 Å². The molecular weight excluding hydrogens is 232 g/mol. The molecule has 1 aliphatic carbocycles. The molecule has 0 bridgehead atoms. The van der Waals surface area contributed by atoms with Crippen molar-refractivity contribution in [2.24, 2.45) is 5.41 Å². The van der Waals surface area contributed by atoms with Crippen molar-refractivity contribution in [2.75, 3.05) is 26.2 Å². The Morgan fingerprint density at radius 3 is 2.32 bits per heavy atom. The number of piperidine rings is 1. The van der Waals surface area contributed by atoms with Crippen LogP contribution in [0.2, 0.25) is 0 Å². The third-order valence-electron chi connectivity index (χ3n) is 5.56. The molecule has 0 aromatic heterocycles. The second-order valence-corrected chi connectivity index (χ2v) is 6.98. The molecule has 0 aromatic rings. The molecule has 2 nitrogen and oxygen atoms in total. The van der Waals surface area contributed by atoms with Gasteiger partial charge < -0.3 is 10.2 Å². The highest BCUT2D eigenvalue weighted by Crippen LogP contribution is 2.44. The number of nitrogens with one attached hydrogen (secondary N) is 1. The van der Waals surface area contributed by atoms with E-state index in [1.54, 1.807) is 0 Å². The number of rotatable bonds is 6. The van der Waals surface area contributed by atoms with Crippen molar-refractivity contribution in [1.29, 1.82) is 0 Å². The smallest absolute Gasteiger partial charge is 0.00790 e. The summed E-state index contributed by atoms with van der Waals surface area (Å²) in [7, 11) is 0. The SMILES string of the molecule is CCCNCCC(C)N1CCC2(CCCCC2)CC1. The first-order valence-electron chi connectivity index (χ1n) is 8.70. The summed E-state index contributed by atoms with van der Waals surface area (Å²) >= 11 is 0. The van der Waals surface area contributed by atoms with Crippen molar-refractivity contribution in [3.05, 3.63) is 0 Å². The van der Waals surface area contributed by atoms with Crippen LogP contribution < -0.4 is 5.32 Å². The molecule has 0 aromatic carbocycles. The Hall–Kier alpha value is -0.0800. The zero-order valence-corrected chi connectivity index (χ0v) is 13.2. The van der Waals surface area contributed by atoms with Gasteiger partial charge in [0.1, 0.15) is 0 Å². The molecule has 1 spiro atoms. The van der Waals surface area contributed by atoms with E-state index in [2.05, 4.69) is 24.1 Å². The van der Waals surface area contributed by atoms with Crippen LogP contribution in [0, 0.1) is 5.41 Å². The van der Waals surface area contributed by atoms with Gasteiger partial charge in [0, 0.05) is 6.04 Å². The fraction of sp³-hybridized carbons (Fsp3) is 1.00. The van der Waals surface area contributed by atoms with Gasteiger partial charge in [-0.2, -0.15) is 0 Å². The molecule has 1 atom stereocenters. The fourth-order valence-electron chi connectivity index (χ4n) is 4.04. The lowest BCUT2D eigenvalue weighted by atomic mass is 9.68. The number of hydrogen-bond donors (Lipinski definition) is 1. The highest BCUT2D eigenvalue weighted by molar-refractivity contribution is 4.89. The minimum Gasteiger partial charge on any atom is -0.317 e. The summed E-state index contributed by atoms with van der Waals surface area (Å²) < 4.78 is 0. The average Bonchev–Trinajstić information content (AvgIpc) is 2.45. The van der Waals surface area contributed by atoms with Crippen molar-refractivity contribution in [3.8, 4) is 0 Å². The normalized spacial score (nSPS) is 25.6. The first kappa shape index (κ1) is 15.3. The van der Waals surface area contributed by atoms with Gasteiger partial charge in [-0.3, -0.25) is 0 Å². The van der Waals surface area contributed by atoms with E-state index >= 15 is 0 Å². The van der Waals surface area contributed by atoms with Crippen LogP contribution >= 0.6 is 0 Å². The third kappa shape index (κ3) is 4.46. The van der Waals surface area contributed by atoms with E-state index in [1.165, 1.54) is 84.0 Å². The summed E-state index contributed by atoms with van der Waals surface area (Å²) in [4.78, 5) is 2.74. The maximum atomic E-state index is 3.54. The van der Waals surface area contributed by atoms with E-state index in [-0.39, 0.29) is 0 Å². The molecule has 2 rings (SSSR count). The second kappa shape index (κ2) is 7.64. The van der Waals surface area contributed by atoms with Crippen LogP contribution in [-0.4, -0.2) is 37.1 Å². The van der Waals surface area contributed by atoms with Gasteiger partial charge in [0.2, 0.25) is 0 Å². The lowest BCUT2D eigenvalue weighted by Gasteiger charge is -2.46. The van der Waals surface area contributed by atoms with Crippen molar-refractivity contribution in [2.45, 2.75) is 77.7 Å². The molecule has 1 saturated heterocycles. The van der Waals surface area contributed by atoms with E-state index in [1.807, 2.05) is 0 Å². The standard InChI is InChI=1S/C17H34N2/c1-3-12-18-13-7-16(2)19-14-10-17(11-15-19)8-5-4-6-9-17/h16,18H,3-15H2,1-2H3. The maximum absolute atomic E-state index is 3.54. The van der Waals surface area contributed by atoms with E-state index in [0.29, 0.717) is 0 Å². The highest BCUT2D eigenvalue weighted by atomic mass is 15.2. The molecule has 0 amide bonds. The number of hydrogen-bond acceptors (Lipinski definition) is 2. The summed E-state index contributed by atoms with van der Waals surface area (Å²) in [5.74, 6) is 0. The van der Waals surface area contributed by atoms with Crippen LogP contribution in [0.3, 0.4) is 0 Å². The predicted octanol–water partition coefficient (Wildman–Crippen LogP) is 3.81. The summed E-state index contributed by atoms with van der Waals surface area (Å²) in [6, 6.07) is 0.769. The molecule has 112 valence electrons. The molecule has 2 heteroatoms. The van der Waals surface area contributed by atoms with Crippen LogP contribution in [0.25, 0.3) is 0 Å². The Morgan fingerprint density at radius 1 is 1.00 bits per heavy atom. The van der Waals surface area contributed by atoms with Crippen molar-refractivity contribution >= 4 is 0 Å². The van der Waals surface area contributed by atoms with Gasteiger partial charge in [0.15, 0.2) is 0 Å². The Balaban J connectivity index is 1.67. The zero-order chi connectivity index (χ0) is 13.6. The van der Waals surface area contributed by atoms with Gasteiger partial charge in [0.05, 0.1) is 0 Å². The predicted molar refractivity (Wildman–Crippen MR) is 83.6 cm³/mol.